The Balaban J connectivity index is 1.48. The van der Waals surface area contributed by atoms with Gasteiger partial charge in [-0.1, -0.05) is 6.07 Å². The lowest BCUT2D eigenvalue weighted by atomic mass is 10.1. The number of nitrogen functional groups attached to an aromatic ring is 1. The van der Waals surface area contributed by atoms with Gasteiger partial charge in [0.15, 0.2) is 0 Å². The monoisotopic (exact) mass is 458 g/mol. The number of rotatable bonds is 5. The van der Waals surface area contributed by atoms with Gasteiger partial charge >= 0.3 is 0 Å². The average molecular weight is 459 g/mol. The first kappa shape index (κ1) is 21.5. The van der Waals surface area contributed by atoms with Gasteiger partial charge in [0.25, 0.3) is 5.91 Å². The van der Waals surface area contributed by atoms with Crippen molar-refractivity contribution in [3.05, 3.63) is 78.0 Å². The van der Waals surface area contributed by atoms with E-state index >= 15 is 0 Å². The average Bonchev–Trinajstić information content (AvgIpc) is 3.44. The molecular formula is C24H23FN8O. The minimum absolute atomic E-state index is 0.195. The summed E-state index contributed by atoms with van der Waals surface area (Å²) in [6.07, 6.45) is 3.42. The van der Waals surface area contributed by atoms with Gasteiger partial charge in [0.2, 0.25) is 0 Å². The van der Waals surface area contributed by atoms with Crippen LogP contribution in [-0.2, 0) is 13.6 Å². The first-order valence-corrected chi connectivity index (χ1v) is 10.6. The van der Waals surface area contributed by atoms with Crippen molar-refractivity contribution in [3.8, 4) is 5.69 Å². The summed E-state index contributed by atoms with van der Waals surface area (Å²) >= 11 is 0. The molecular weight excluding hydrogens is 435 g/mol. The van der Waals surface area contributed by atoms with E-state index in [1.165, 1.54) is 12.1 Å². The zero-order valence-corrected chi connectivity index (χ0v) is 19.0. The van der Waals surface area contributed by atoms with E-state index < -0.39 is 0 Å². The number of hydrazine groups is 1. The van der Waals surface area contributed by atoms with Gasteiger partial charge in [-0.2, -0.15) is 10.2 Å². The number of nitrogens with zero attached hydrogens (tertiary/aromatic N) is 7. The molecule has 1 amide bonds. The number of carbonyl (C=O) groups is 1. The van der Waals surface area contributed by atoms with Crippen molar-refractivity contribution in [2.45, 2.75) is 6.54 Å². The molecule has 34 heavy (non-hydrogen) atoms. The number of amides is 1. The van der Waals surface area contributed by atoms with Crippen molar-refractivity contribution < 1.29 is 9.18 Å². The summed E-state index contributed by atoms with van der Waals surface area (Å²) in [5.74, 6) is -0.132. The number of halogens is 1. The molecule has 9 nitrogen and oxygen atoms in total. The molecule has 3 aromatic heterocycles. The minimum atomic E-state index is -0.338. The van der Waals surface area contributed by atoms with E-state index in [1.807, 2.05) is 13.1 Å². The number of hydrogen-bond acceptors (Lipinski definition) is 6. The smallest absolute Gasteiger partial charge is 0.268 e. The molecule has 2 aromatic carbocycles. The van der Waals surface area contributed by atoms with Crippen molar-refractivity contribution in [2.24, 2.45) is 7.05 Å². The molecule has 0 saturated heterocycles. The summed E-state index contributed by atoms with van der Waals surface area (Å²) < 4.78 is 16.9. The Morgan fingerprint density at radius 3 is 2.71 bits per heavy atom. The maximum Gasteiger partial charge on any atom is 0.268 e. The van der Waals surface area contributed by atoms with E-state index in [2.05, 4.69) is 15.2 Å². The van der Waals surface area contributed by atoms with Gasteiger partial charge in [-0.25, -0.2) is 19.1 Å². The molecule has 0 aliphatic carbocycles. The topological polar surface area (TPSA) is 98.1 Å². The zero-order valence-electron chi connectivity index (χ0n) is 19.0. The summed E-state index contributed by atoms with van der Waals surface area (Å²) in [6.45, 7) is 0.243. The number of benzene rings is 2. The van der Waals surface area contributed by atoms with Crippen LogP contribution in [0.1, 0.15) is 16.1 Å². The van der Waals surface area contributed by atoms with Crippen LogP contribution in [0.2, 0.25) is 0 Å². The molecule has 10 heteroatoms. The molecule has 0 unspecified atom stereocenters. The van der Waals surface area contributed by atoms with Gasteiger partial charge in [-0.15, -0.1) is 0 Å². The fourth-order valence-electron chi connectivity index (χ4n) is 4.00. The fraction of sp³-hybridized carbons (Fsp3) is 0.167. The molecule has 0 aliphatic rings. The van der Waals surface area contributed by atoms with E-state index in [9.17, 15) is 9.18 Å². The SMILES string of the molecule is CN(C)N(Cc1ccn(-c2cccc(F)c2)n1)C(=O)c1ccc2nc(N)c3cnn(C)c3c2c1. The molecule has 5 aromatic rings. The lowest BCUT2D eigenvalue weighted by molar-refractivity contribution is 0.0148. The van der Waals surface area contributed by atoms with E-state index in [-0.39, 0.29) is 18.3 Å². The number of carbonyl (C=O) groups excluding carboxylic acids is 1. The number of aryl methyl sites for hydroxylation is 1. The van der Waals surface area contributed by atoms with E-state index in [0.717, 1.165) is 16.3 Å². The predicted octanol–water partition coefficient (Wildman–Crippen LogP) is 3.15. The minimum Gasteiger partial charge on any atom is -0.383 e. The Labute approximate surface area is 194 Å². The standard InChI is InChI=1S/C24H23FN8O/c1-30(2)33(14-17-9-10-32(29-17)18-6-4-5-16(25)12-18)24(34)15-7-8-21-19(11-15)22-20(23(26)28-21)13-27-31(22)3/h4-13H,14H2,1-3H3,(H2,26,28). The van der Waals surface area contributed by atoms with Gasteiger partial charge in [-0.05, 0) is 42.5 Å². The van der Waals surface area contributed by atoms with E-state index in [4.69, 9.17) is 5.73 Å². The van der Waals surface area contributed by atoms with Gasteiger partial charge in [0.05, 0.1) is 40.5 Å². The van der Waals surface area contributed by atoms with Gasteiger partial charge < -0.3 is 5.73 Å². The number of hydrogen-bond donors (Lipinski definition) is 1. The molecule has 2 N–H and O–H groups in total. The number of pyridine rings is 1. The Morgan fingerprint density at radius 1 is 1.12 bits per heavy atom. The van der Waals surface area contributed by atoms with Crippen LogP contribution < -0.4 is 5.73 Å². The molecule has 3 heterocycles. The predicted molar refractivity (Wildman–Crippen MR) is 128 cm³/mol. The molecule has 0 saturated carbocycles. The van der Waals surface area contributed by atoms with Crippen LogP contribution in [0.25, 0.3) is 27.5 Å². The van der Waals surface area contributed by atoms with Crippen LogP contribution in [0.5, 0.6) is 0 Å². The van der Waals surface area contributed by atoms with Crippen LogP contribution >= 0.6 is 0 Å². The maximum atomic E-state index is 13.6. The van der Waals surface area contributed by atoms with Crippen molar-refractivity contribution in [3.63, 3.8) is 0 Å². The van der Waals surface area contributed by atoms with Gasteiger partial charge in [0.1, 0.15) is 11.6 Å². The molecule has 0 bridgehead atoms. The molecule has 0 radical (unpaired) electrons. The summed E-state index contributed by atoms with van der Waals surface area (Å²) in [5, 5.41) is 13.7. The molecule has 5 rings (SSSR count). The third-order valence-corrected chi connectivity index (χ3v) is 5.70. The summed E-state index contributed by atoms with van der Waals surface area (Å²) in [5.41, 5.74) is 9.36. The Hall–Kier alpha value is -4.31. The third kappa shape index (κ3) is 3.73. The Morgan fingerprint density at radius 2 is 1.94 bits per heavy atom. The quantitative estimate of drug-likeness (QED) is 0.407. The largest absolute Gasteiger partial charge is 0.383 e. The van der Waals surface area contributed by atoms with Crippen LogP contribution in [0.4, 0.5) is 10.2 Å². The van der Waals surface area contributed by atoms with Crippen molar-refractivity contribution in [1.82, 2.24) is 34.6 Å². The van der Waals surface area contributed by atoms with Gasteiger partial charge in [0, 0.05) is 38.3 Å². The molecule has 0 fully saturated rings. The number of anilines is 1. The lowest BCUT2D eigenvalue weighted by Crippen LogP contribution is -2.41. The third-order valence-electron chi connectivity index (χ3n) is 5.70. The highest BCUT2D eigenvalue weighted by atomic mass is 19.1. The van der Waals surface area contributed by atoms with Crippen molar-refractivity contribution >= 4 is 33.5 Å². The second-order valence-electron chi connectivity index (χ2n) is 8.20. The second-order valence-corrected chi connectivity index (χ2v) is 8.20. The van der Waals surface area contributed by atoms with Crippen LogP contribution in [-0.4, -0.2) is 54.6 Å². The molecule has 172 valence electrons. The first-order valence-electron chi connectivity index (χ1n) is 10.6. The summed E-state index contributed by atoms with van der Waals surface area (Å²) in [6, 6.07) is 13.3. The van der Waals surface area contributed by atoms with Crippen LogP contribution in [0.3, 0.4) is 0 Å². The number of aromatic nitrogens is 5. The van der Waals surface area contributed by atoms with Gasteiger partial charge in [-0.3, -0.25) is 14.5 Å². The highest BCUT2D eigenvalue weighted by Gasteiger charge is 2.21. The maximum absolute atomic E-state index is 13.6. The van der Waals surface area contributed by atoms with Crippen molar-refractivity contribution in [1.29, 1.82) is 0 Å². The molecule has 0 spiro atoms. The highest BCUT2D eigenvalue weighted by molar-refractivity contribution is 6.10. The van der Waals surface area contributed by atoms with E-state index in [0.29, 0.717) is 28.3 Å². The lowest BCUT2D eigenvalue weighted by Gasteiger charge is -2.28. The summed E-state index contributed by atoms with van der Waals surface area (Å²) in [7, 11) is 5.42. The Bertz CT molecular complexity index is 1540. The Kier molecular flexibility index (Phi) is 5.21. The van der Waals surface area contributed by atoms with Crippen LogP contribution in [0.15, 0.2) is 60.9 Å². The van der Waals surface area contributed by atoms with E-state index in [1.54, 1.807) is 76.2 Å². The number of fused-ring (bicyclic) bond motifs is 3. The zero-order chi connectivity index (χ0) is 24.0. The normalized spacial score (nSPS) is 11.6. The number of nitrogens with two attached hydrogens (primary N) is 1. The first-order chi connectivity index (χ1) is 16.3. The highest BCUT2D eigenvalue weighted by Crippen LogP contribution is 2.28. The van der Waals surface area contributed by atoms with Crippen LogP contribution in [0, 0.1) is 5.82 Å². The second kappa shape index (κ2) is 8.23. The fourth-order valence-corrected chi connectivity index (χ4v) is 4.00. The molecule has 0 atom stereocenters. The summed E-state index contributed by atoms with van der Waals surface area (Å²) in [4.78, 5) is 18.0. The molecule has 0 aliphatic heterocycles. The van der Waals surface area contributed by atoms with Crippen molar-refractivity contribution in [2.75, 3.05) is 19.8 Å².